The van der Waals surface area contributed by atoms with Crippen LogP contribution in [0.2, 0.25) is 5.02 Å². The van der Waals surface area contributed by atoms with E-state index in [9.17, 15) is 4.79 Å². The highest BCUT2D eigenvalue weighted by Crippen LogP contribution is 2.26. The number of fused-ring (bicyclic) bond motifs is 1. The molecule has 0 aliphatic carbocycles. The zero-order valence-corrected chi connectivity index (χ0v) is 23.7. The number of rotatable bonds is 8. The Bertz CT molecular complexity index is 1680. The molecule has 1 atom stereocenters. The smallest absolute Gasteiger partial charge is 0.407 e. The number of pyridine rings is 1. The van der Waals surface area contributed by atoms with Crippen molar-refractivity contribution in [3.05, 3.63) is 83.3 Å². The van der Waals surface area contributed by atoms with E-state index in [1.54, 1.807) is 75.2 Å². The Labute approximate surface area is 240 Å². The van der Waals surface area contributed by atoms with Crippen LogP contribution in [-0.2, 0) is 18.2 Å². The molecule has 11 nitrogen and oxygen atoms in total. The van der Waals surface area contributed by atoms with E-state index in [-0.39, 0.29) is 6.54 Å². The quantitative estimate of drug-likeness (QED) is 0.238. The van der Waals surface area contributed by atoms with Crippen molar-refractivity contribution in [1.29, 1.82) is 0 Å². The molecule has 13 heteroatoms. The van der Waals surface area contributed by atoms with Crippen LogP contribution in [0.4, 0.5) is 21.0 Å². The molecule has 5 aromatic rings. The number of aryl methyl sites for hydroxylation is 1. The van der Waals surface area contributed by atoms with Gasteiger partial charge >= 0.3 is 6.09 Å². The highest BCUT2D eigenvalue weighted by Gasteiger charge is 2.24. The van der Waals surface area contributed by atoms with Crippen molar-refractivity contribution in [2.75, 3.05) is 11.9 Å². The first-order valence-electron chi connectivity index (χ1n) is 12.9. The maximum absolute atomic E-state index is 15.7. The Morgan fingerprint density at radius 3 is 2.59 bits per heavy atom. The molecule has 0 radical (unpaired) electrons. The fraction of sp³-hybridized carbons (Fsp3) is 0.286. The van der Waals surface area contributed by atoms with Gasteiger partial charge in [-0.15, -0.1) is 10.2 Å². The van der Waals surface area contributed by atoms with Gasteiger partial charge in [0.25, 0.3) is 0 Å². The Morgan fingerprint density at radius 2 is 1.88 bits per heavy atom. The van der Waals surface area contributed by atoms with Gasteiger partial charge in [-0.05, 0) is 57.0 Å². The van der Waals surface area contributed by atoms with Crippen LogP contribution in [0.3, 0.4) is 0 Å². The second-order valence-corrected chi connectivity index (χ2v) is 10.9. The number of anilines is 2. The SMILES string of the molecule is Cn1nccc1Nc1nccc(-c2cc(F)n3c([C@H](CNC(=O)OC(C)(C)C)Cc4ccc(Cl)cc4)nnc3c2)n1. The van der Waals surface area contributed by atoms with E-state index in [4.69, 9.17) is 16.3 Å². The molecule has 4 aromatic heterocycles. The van der Waals surface area contributed by atoms with Gasteiger partial charge < -0.3 is 15.4 Å². The summed E-state index contributed by atoms with van der Waals surface area (Å²) < 4.78 is 24.1. The highest BCUT2D eigenvalue weighted by atomic mass is 35.5. The third-order valence-electron chi connectivity index (χ3n) is 6.15. The number of amides is 1. The molecule has 0 saturated carbocycles. The normalized spacial score (nSPS) is 12.3. The zero-order chi connectivity index (χ0) is 29.1. The number of alkyl carbamates (subject to hydrolysis) is 1. The number of carbonyl (C=O) groups is 1. The Kier molecular flexibility index (Phi) is 7.84. The van der Waals surface area contributed by atoms with Gasteiger partial charge in [0.2, 0.25) is 11.9 Å². The van der Waals surface area contributed by atoms with Crippen molar-refractivity contribution >= 4 is 35.1 Å². The Morgan fingerprint density at radius 1 is 1.10 bits per heavy atom. The van der Waals surface area contributed by atoms with Gasteiger partial charge in [-0.1, -0.05) is 23.7 Å². The zero-order valence-electron chi connectivity index (χ0n) is 23.0. The first-order chi connectivity index (χ1) is 19.6. The van der Waals surface area contributed by atoms with Crippen molar-refractivity contribution < 1.29 is 13.9 Å². The molecule has 1 amide bonds. The topological polar surface area (TPSA) is 124 Å². The number of nitrogens with zero attached hydrogens (tertiary/aromatic N) is 7. The number of benzene rings is 1. The average molecular weight is 578 g/mol. The lowest BCUT2D eigenvalue weighted by molar-refractivity contribution is 0.0524. The second kappa shape index (κ2) is 11.5. The molecule has 5 rings (SSSR count). The van der Waals surface area contributed by atoms with Crippen LogP contribution in [0.1, 0.15) is 38.1 Å². The molecular weight excluding hydrogens is 549 g/mol. The minimum atomic E-state index is -0.659. The molecule has 2 N–H and O–H groups in total. The fourth-order valence-corrected chi connectivity index (χ4v) is 4.40. The predicted molar refractivity (Wildman–Crippen MR) is 153 cm³/mol. The molecule has 0 saturated heterocycles. The van der Waals surface area contributed by atoms with E-state index in [1.807, 2.05) is 12.1 Å². The first-order valence-corrected chi connectivity index (χ1v) is 13.3. The summed E-state index contributed by atoms with van der Waals surface area (Å²) in [5.74, 6) is 0.405. The second-order valence-electron chi connectivity index (χ2n) is 10.5. The molecule has 1 aromatic carbocycles. The highest BCUT2D eigenvalue weighted by molar-refractivity contribution is 6.30. The van der Waals surface area contributed by atoms with Crippen molar-refractivity contribution in [3.8, 4) is 11.3 Å². The molecule has 0 fully saturated rings. The van der Waals surface area contributed by atoms with Crippen LogP contribution >= 0.6 is 11.6 Å². The van der Waals surface area contributed by atoms with Gasteiger partial charge in [0, 0.05) is 48.4 Å². The number of halogens is 2. The van der Waals surface area contributed by atoms with Crippen LogP contribution in [0.15, 0.2) is 60.9 Å². The maximum atomic E-state index is 15.7. The van der Waals surface area contributed by atoms with Crippen LogP contribution < -0.4 is 10.6 Å². The Balaban J connectivity index is 1.45. The van der Waals surface area contributed by atoms with Gasteiger partial charge in [-0.2, -0.15) is 9.49 Å². The van der Waals surface area contributed by atoms with Crippen molar-refractivity contribution in [3.63, 3.8) is 0 Å². The molecule has 0 bridgehead atoms. The monoisotopic (exact) mass is 577 g/mol. The lowest BCUT2D eigenvalue weighted by Gasteiger charge is -2.22. The van der Waals surface area contributed by atoms with E-state index in [0.29, 0.717) is 45.9 Å². The first kappa shape index (κ1) is 28.0. The van der Waals surface area contributed by atoms with Crippen molar-refractivity contribution in [1.82, 2.24) is 39.7 Å². The summed E-state index contributed by atoms with van der Waals surface area (Å²) in [6.45, 7) is 5.50. The number of nitrogens with one attached hydrogen (secondary N) is 2. The molecule has 0 aliphatic heterocycles. The third kappa shape index (κ3) is 6.77. The van der Waals surface area contributed by atoms with Gasteiger partial charge in [0.15, 0.2) is 5.65 Å². The number of hydrogen-bond acceptors (Lipinski definition) is 8. The predicted octanol–water partition coefficient (Wildman–Crippen LogP) is 5.31. The number of ether oxygens (including phenoxy) is 1. The van der Waals surface area contributed by atoms with Gasteiger partial charge in [-0.3, -0.25) is 9.08 Å². The standard InChI is InChI=1S/C28H29ClFN9O2/c1-28(2,3)41-27(40)32-16-19(13-17-5-7-20(29)8-6-17)25-37-36-24-15-18(14-22(30)39(24)25)21-9-11-31-26(34-21)35-23-10-12-33-38(23)4/h5-12,14-15,19H,13,16H2,1-4H3,(H,32,40)(H,31,34,35)/t19-/m0/s1. The Hall–Kier alpha value is -4.58. The van der Waals surface area contributed by atoms with Gasteiger partial charge in [-0.25, -0.2) is 14.8 Å². The molecule has 212 valence electrons. The van der Waals surface area contributed by atoms with Gasteiger partial charge in [0.05, 0.1) is 11.9 Å². The average Bonchev–Trinajstić information content (AvgIpc) is 3.53. The minimum absolute atomic E-state index is 0.147. The van der Waals surface area contributed by atoms with E-state index in [1.165, 1.54) is 10.5 Å². The molecule has 0 aliphatic rings. The van der Waals surface area contributed by atoms with Crippen molar-refractivity contribution in [2.45, 2.75) is 38.7 Å². The summed E-state index contributed by atoms with van der Waals surface area (Å²) >= 11 is 6.06. The largest absolute Gasteiger partial charge is 0.444 e. The van der Waals surface area contributed by atoms with Crippen LogP contribution in [0, 0.1) is 5.95 Å². The maximum Gasteiger partial charge on any atom is 0.407 e. The third-order valence-corrected chi connectivity index (χ3v) is 6.40. The lowest BCUT2D eigenvalue weighted by Crippen LogP contribution is -2.35. The molecule has 0 spiro atoms. The van der Waals surface area contributed by atoms with E-state index < -0.39 is 23.6 Å². The summed E-state index contributed by atoms with van der Waals surface area (Å²) in [6.07, 6.45) is 3.11. The summed E-state index contributed by atoms with van der Waals surface area (Å²) in [7, 11) is 1.79. The molecule has 4 heterocycles. The number of carbonyl (C=O) groups excluding carboxylic acids is 1. The minimum Gasteiger partial charge on any atom is -0.444 e. The summed E-state index contributed by atoms with van der Waals surface area (Å²) in [5.41, 5.74) is 1.58. The molecular formula is C28H29ClFN9O2. The number of aromatic nitrogens is 7. The summed E-state index contributed by atoms with van der Waals surface area (Å²) in [5, 5.41) is 19.2. The van der Waals surface area contributed by atoms with E-state index >= 15 is 4.39 Å². The van der Waals surface area contributed by atoms with E-state index in [2.05, 4.69) is 35.9 Å². The van der Waals surface area contributed by atoms with Gasteiger partial charge in [0.1, 0.15) is 17.2 Å². The molecule has 0 unspecified atom stereocenters. The van der Waals surface area contributed by atoms with Crippen molar-refractivity contribution in [2.24, 2.45) is 7.05 Å². The molecule has 41 heavy (non-hydrogen) atoms. The summed E-state index contributed by atoms with van der Waals surface area (Å²) in [4.78, 5) is 21.2. The van der Waals surface area contributed by atoms with Crippen LogP contribution in [0.5, 0.6) is 0 Å². The number of hydrogen-bond donors (Lipinski definition) is 2. The van der Waals surface area contributed by atoms with E-state index in [0.717, 1.165) is 5.56 Å². The fourth-order valence-electron chi connectivity index (χ4n) is 4.28. The lowest BCUT2D eigenvalue weighted by atomic mass is 9.98. The summed E-state index contributed by atoms with van der Waals surface area (Å²) in [6, 6.07) is 13.9. The van der Waals surface area contributed by atoms with Crippen LogP contribution in [0.25, 0.3) is 16.9 Å². The van der Waals surface area contributed by atoms with Crippen LogP contribution in [-0.4, -0.2) is 52.6 Å².